The summed E-state index contributed by atoms with van der Waals surface area (Å²) in [5.41, 5.74) is 3.12. The van der Waals surface area contributed by atoms with Crippen molar-refractivity contribution in [3.8, 4) is 0 Å². The summed E-state index contributed by atoms with van der Waals surface area (Å²) >= 11 is 5.32. The van der Waals surface area contributed by atoms with Crippen LogP contribution < -0.4 is 16.2 Å². The van der Waals surface area contributed by atoms with Crippen molar-refractivity contribution in [2.75, 3.05) is 5.32 Å². The number of nitrogens with one attached hydrogen (secondary N) is 2. The van der Waals surface area contributed by atoms with Crippen molar-refractivity contribution in [1.29, 1.82) is 0 Å². The monoisotopic (exact) mass is 420 g/mol. The Morgan fingerprint density at radius 1 is 1.03 bits per heavy atom. The Hall–Kier alpha value is -3.45. The third kappa shape index (κ3) is 4.11. The number of aromatic nitrogens is 2. The van der Waals surface area contributed by atoms with E-state index in [9.17, 15) is 9.18 Å². The van der Waals surface area contributed by atoms with Gasteiger partial charge in [0.2, 0.25) is 0 Å². The van der Waals surface area contributed by atoms with Crippen LogP contribution in [0.5, 0.6) is 0 Å². The molecule has 0 unspecified atom stereocenters. The highest BCUT2D eigenvalue weighted by molar-refractivity contribution is 7.80. The van der Waals surface area contributed by atoms with Gasteiger partial charge in [0.25, 0.3) is 5.56 Å². The first kappa shape index (κ1) is 19.8. The lowest BCUT2D eigenvalue weighted by Crippen LogP contribution is -2.28. The van der Waals surface area contributed by atoms with Gasteiger partial charge >= 0.3 is 0 Å². The van der Waals surface area contributed by atoms with E-state index in [1.165, 1.54) is 6.07 Å². The molecule has 0 saturated carbocycles. The molecule has 0 radical (unpaired) electrons. The topological polar surface area (TPSA) is 51.0 Å². The molecule has 1 heterocycles. The lowest BCUT2D eigenvalue weighted by molar-refractivity contribution is 0.554. The SMILES string of the molecule is Cn1c(=O)c2cc(NC(=S)NCc3ccccc3F)ccc2n1Cc1ccccc1. The third-order valence-corrected chi connectivity index (χ3v) is 5.24. The molecule has 0 spiro atoms. The van der Waals surface area contributed by atoms with E-state index in [1.54, 1.807) is 36.0 Å². The number of benzene rings is 3. The van der Waals surface area contributed by atoms with Crippen molar-refractivity contribution in [2.45, 2.75) is 13.1 Å². The first-order chi connectivity index (χ1) is 14.5. The van der Waals surface area contributed by atoms with E-state index in [0.29, 0.717) is 28.3 Å². The standard InChI is InChI=1S/C23H21FN4OS/c1-27-22(29)19-13-18(26-23(30)25-14-17-9-5-6-10-20(17)24)11-12-21(19)28(27)15-16-7-3-2-4-8-16/h2-13H,14-15H2,1H3,(H2,25,26,30). The number of fused-ring (bicyclic) bond motifs is 1. The zero-order chi connectivity index (χ0) is 21.1. The lowest BCUT2D eigenvalue weighted by Gasteiger charge is -2.12. The minimum Gasteiger partial charge on any atom is -0.358 e. The van der Waals surface area contributed by atoms with Crippen LogP contribution in [0.3, 0.4) is 0 Å². The van der Waals surface area contributed by atoms with Crippen LogP contribution in [0.25, 0.3) is 10.9 Å². The van der Waals surface area contributed by atoms with Crippen LogP contribution in [0.2, 0.25) is 0 Å². The van der Waals surface area contributed by atoms with E-state index >= 15 is 0 Å². The van der Waals surface area contributed by atoms with Crippen molar-refractivity contribution in [2.24, 2.45) is 7.05 Å². The highest BCUT2D eigenvalue weighted by Crippen LogP contribution is 2.18. The Balaban J connectivity index is 1.52. The molecular formula is C23H21FN4OS. The number of anilines is 1. The predicted octanol–water partition coefficient (Wildman–Crippen LogP) is 4.01. The van der Waals surface area contributed by atoms with Gasteiger partial charge in [0, 0.05) is 24.8 Å². The molecule has 30 heavy (non-hydrogen) atoms. The minimum atomic E-state index is -0.280. The second-order valence-electron chi connectivity index (χ2n) is 7.00. The molecule has 7 heteroatoms. The van der Waals surface area contributed by atoms with Crippen molar-refractivity contribution >= 4 is 33.9 Å². The maximum Gasteiger partial charge on any atom is 0.274 e. The molecule has 5 nitrogen and oxygen atoms in total. The first-order valence-electron chi connectivity index (χ1n) is 9.54. The van der Waals surface area contributed by atoms with E-state index in [1.807, 2.05) is 47.1 Å². The highest BCUT2D eigenvalue weighted by Gasteiger charge is 2.12. The van der Waals surface area contributed by atoms with Crippen molar-refractivity contribution in [3.05, 3.63) is 100 Å². The van der Waals surface area contributed by atoms with Crippen LogP contribution in [0.15, 0.2) is 77.6 Å². The second-order valence-corrected chi connectivity index (χ2v) is 7.41. The number of hydrogen-bond donors (Lipinski definition) is 2. The molecule has 4 aromatic rings. The summed E-state index contributed by atoms with van der Waals surface area (Å²) < 4.78 is 17.3. The fourth-order valence-corrected chi connectivity index (χ4v) is 3.59. The quantitative estimate of drug-likeness (QED) is 0.479. The molecule has 0 saturated heterocycles. The number of nitrogens with zero attached hydrogens (tertiary/aromatic N) is 2. The smallest absolute Gasteiger partial charge is 0.274 e. The zero-order valence-electron chi connectivity index (χ0n) is 16.4. The van der Waals surface area contributed by atoms with Gasteiger partial charge in [-0.15, -0.1) is 0 Å². The van der Waals surface area contributed by atoms with Crippen LogP contribution in [-0.4, -0.2) is 14.5 Å². The molecule has 0 aliphatic rings. The number of halogens is 1. The predicted molar refractivity (Wildman–Crippen MR) is 122 cm³/mol. The van der Waals surface area contributed by atoms with E-state index in [2.05, 4.69) is 10.6 Å². The van der Waals surface area contributed by atoms with E-state index in [4.69, 9.17) is 12.2 Å². The van der Waals surface area contributed by atoms with Gasteiger partial charge in [-0.3, -0.25) is 14.2 Å². The molecule has 0 bridgehead atoms. The summed E-state index contributed by atoms with van der Waals surface area (Å²) in [5, 5.41) is 7.03. The maximum absolute atomic E-state index is 13.7. The van der Waals surface area contributed by atoms with E-state index < -0.39 is 0 Å². The highest BCUT2D eigenvalue weighted by atomic mass is 32.1. The fourth-order valence-electron chi connectivity index (χ4n) is 3.40. The Morgan fingerprint density at radius 3 is 2.53 bits per heavy atom. The molecule has 0 amide bonds. The molecule has 152 valence electrons. The summed E-state index contributed by atoms with van der Waals surface area (Å²) in [6.45, 7) is 0.876. The van der Waals surface area contributed by atoms with Gasteiger partial charge in [-0.1, -0.05) is 48.5 Å². The van der Waals surface area contributed by atoms with Gasteiger partial charge in [-0.05, 0) is 42.0 Å². The Morgan fingerprint density at radius 2 is 1.77 bits per heavy atom. The second kappa shape index (κ2) is 8.51. The summed E-state index contributed by atoms with van der Waals surface area (Å²) in [5.74, 6) is -0.280. The number of rotatable bonds is 5. The van der Waals surface area contributed by atoms with Crippen LogP contribution in [0, 0.1) is 5.82 Å². The largest absolute Gasteiger partial charge is 0.358 e. The normalized spacial score (nSPS) is 10.9. The zero-order valence-corrected chi connectivity index (χ0v) is 17.2. The van der Waals surface area contributed by atoms with Crippen molar-refractivity contribution in [1.82, 2.24) is 14.7 Å². The molecule has 2 N–H and O–H groups in total. The van der Waals surface area contributed by atoms with E-state index in [-0.39, 0.29) is 17.9 Å². The molecule has 0 fully saturated rings. The Bertz CT molecular complexity index is 1260. The van der Waals surface area contributed by atoms with Gasteiger partial charge in [0.15, 0.2) is 5.11 Å². The average molecular weight is 421 g/mol. The molecule has 1 aromatic heterocycles. The van der Waals surface area contributed by atoms with Gasteiger partial charge in [0.05, 0.1) is 17.4 Å². The van der Waals surface area contributed by atoms with E-state index in [0.717, 1.165) is 11.1 Å². The summed E-state index contributed by atoms with van der Waals surface area (Å²) in [4.78, 5) is 12.7. The van der Waals surface area contributed by atoms with Crippen LogP contribution >= 0.6 is 12.2 Å². The maximum atomic E-state index is 13.7. The molecule has 3 aromatic carbocycles. The van der Waals surface area contributed by atoms with Crippen molar-refractivity contribution < 1.29 is 4.39 Å². The summed E-state index contributed by atoms with van der Waals surface area (Å²) in [7, 11) is 1.76. The third-order valence-electron chi connectivity index (χ3n) is 4.99. The van der Waals surface area contributed by atoms with Gasteiger partial charge in [0.1, 0.15) is 5.82 Å². The fraction of sp³-hybridized carbons (Fsp3) is 0.130. The van der Waals surface area contributed by atoms with Gasteiger partial charge in [-0.2, -0.15) is 0 Å². The van der Waals surface area contributed by atoms with Crippen LogP contribution in [0.1, 0.15) is 11.1 Å². The molecular weight excluding hydrogens is 399 g/mol. The Labute approximate surface area is 178 Å². The molecule has 0 atom stereocenters. The number of hydrogen-bond acceptors (Lipinski definition) is 2. The van der Waals surface area contributed by atoms with Gasteiger partial charge in [-0.25, -0.2) is 4.39 Å². The Kier molecular flexibility index (Phi) is 5.63. The summed E-state index contributed by atoms with van der Waals surface area (Å²) in [6, 6.07) is 22.1. The molecule has 0 aliphatic carbocycles. The van der Waals surface area contributed by atoms with Crippen LogP contribution in [-0.2, 0) is 20.1 Å². The molecule has 0 aliphatic heterocycles. The van der Waals surface area contributed by atoms with Crippen molar-refractivity contribution in [3.63, 3.8) is 0 Å². The van der Waals surface area contributed by atoms with Crippen LogP contribution in [0.4, 0.5) is 10.1 Å². The first-order valence-corrected chi connectivity index (χ1v) is 9.95. The molecule has 4 rings (SSSR count). The lowest BCUT2D eigenvalue weighted by atomic mass is 10.2. The minimum absolute atomic E-state index is 0.0742. The number of thiocarbonyl (C=S) groups is 1. The summed E-state index contributed by atoms with van der Waals surface area (Å²) in [6.07, 6.45) is 0. The van der Waals surface area contributed by atoms with Gasteiger partial charge < -0.3 is 10.6 Å². The average Bonchev–Trinajstić information content (AvgIpc) is 2.98.